The van der Waals surface area contributed by atoms with E-state index in [-0.39, 0.29) is 62.0 Å². The molecule has 0 amide bonds. The minimum absolute atomic E-state index is 0.0159. The minimum atomic E-state index is -2.22. The molecular formula is C60H112O8Si5. The third-order valence-corrected chi connectivity index (χ3v) is 39.8. The van der Waals surface area contributed by atoms with Gasteiger partial charge in [0.05, 0.1) is 25.4 Å². The maximum absolute atomic E-state index is 12.3. The molecule has 1 N–H and O–H groups in total. The molecule has 0 aliphatic heterocycles. The number of methoxy groups -OCH3 is 1. The summed E-state index contributed by atoms with van der Waals surface area (Å²) in [6, 6.07) is 8.29. The van der Waals surface area contributed by atoms with Crippen molar-refractivity contribution in [2.45, 2.75) is 271 Å². The number of phenols is 1. The highest BCUT2D eigenvalue weighted by molar-refractivity contribution is 6.75. The normalized spacial score (nSPS) is 16.8. The van der Waals surface area contributed by atoms with Crippen molar-refractivity contribution in [1.82, 2.24) is 0 Å². The number of carbonyl (C=O) groups excluding carboxylic acids is 1. The molecule has 0 heterocycles. The maximum Gasteiger partial charge on any atom is 0.342 e. The Balaban J connectivity index is 3.80. The van der Waals surface area contributed by atoms with Gasteiger partial charge in [0.25, 0.3) is 0 Å². The standard InChI is InChI=1S/C60H112O8Si5/c1-27-73(28-2,29-3)68-53(44-48(5)64-69(19,20)57(6,7)8)46-51(66-71(23,24)59(12,13)14)41-36-40-50(65-70(21,22)58(9,10)11)45-52(67-72(25,26)60(15,16)17)43-47(4)37-33-31-30-32-34-38-49-39-35-42-54(61)55(49)56(62)63-18/h30-40,42,48,50-53,61H,27-29,41,43-46H2,1-26H3/b32-30+,33-31+,38-34+,40-36+,47-37+/t48-,50-,51+,52+,53+/m1/s1. The Morgan fingerprint density at radius 3 is 1.56 bits per heavy atom. The summed E-state index contributed by atoms with van der Waals surface area (Å²) >= 11 is 0. The van der Waals surface area contributed by atoms with E-state index in [1.54, 1.807) is 18.2 Å². The second-order valence-corrected chi connectivity index (χ2v) is 50.8. The fraction of sp³-hybridized carbons (Fsp3) is 0.717. The topological polar surface area (TPSA) is 92.7 Å². The summed E-state index contributed by atoms with van der Waals surface area (Å²) in [5.41, 5.74) is 1.97. The first-order chi connectivity index (χ1) is 33.1. The van der Waals surface area contributed by atoms with Gasteiger partial charge in [-0.2, -0.15) is 0 Å². The van der Waals surface area contributed by atoms with Gasteiger partial charge in [-0.05, 0) is 142 Å². The van der Waals surface area contributed by atoms with Gasteiger partial charge in [-0.3, -0.25) is 0 Å². The lowest BCUT2D eigenvalue weighted by Crippen LogP contribution is -2.48. The molecule has 1 rings (SSSR count). The van der Waals surface area contributed by atoms with E-state index in [9.17, 15) is 9.90 Å². The maximum atomic E-state index is 12.3. The highest BCUT2D eigenvalue weighted by atomic mass is 28.4. The van der Waals surface area contributed by atoms with Crippen molar-refractivity contribution < 1.29 is 36.8 Å². The minimum Gasteiger partial charge on any atom is -0.507 e. The Bertz CT molecular complexity index is 1980. The Kier molecular flexibility index (Phi) is 27.1. The molecule has 1 aromatic rings. The first kappa shape index (κ1) is 69.1. The van der Waals surface area contributed by atoms with Gasteiger partial charge in [0, 0.05) is 18.6 Å². The summed E-state index contributed by atoms with van der Waals surface area (Å²) in [6.45, 7) is 58.3. The summed E-state index contributed by atoms with van der Waals surface area (Å²) in [6.07, 6.45) is 22.4. The number of hydrogen-bond donors (Lipinski definition) is 1. The molecule has 0 aliphatic carbocycles. The molecule has 0 aromatic heterocycles. The van der Waals surface area contributed by atoms with Crippen molar-refractivity contribution in [3.63, 3.8) is 0 Å². The number of allylic oxidation sites excluding steroid dienone is 6. The Morgan fingerprint density at radius 2 is 1.07 bits per heavy atom. The Hall–Kier alpha value is -1.93. The monoisotopic (exact) mass is 1100 g/mol. The largest absolute Gasteiger partial charge is 0.507 e. The number of esters is 1. The number of carbonyl (C=O) groups is 1. The Morgan fingerprint density at radius 1 is 0.603 bits per heavy atom. The number of phenolic OH excluding ortho intramolecular Hbond substituents is 1. The molecule has 13 heteroatoms. The van der Waals surface area contributed by atoms with E-state index in [1.165, 1.54) is 18.7 Å². The number of ether oxygens (including phenoxy) is 1. The molecule has 1 aromatic carbocycles. The molecule has 0 unspecified atom stereocenters. The van der Waals surface area contributed by atoms with Crippen LogP contribution in [0.5, 0.6) is 5.75 Å². The van der Waals surface area contributed by atoms with Crippen LogP contribution in [0, 0.1) is 0 Å². The van der Waals surface area contributed by atoms with Gasteiger partial charge in [-0.15, -0.1) is 0 Å². The second kappa shape index (κ2) is 28.6. The summed E-state index contributed by atoms with van der Waals surface area (Å²) in [7, 11) is -9.24. The van der Waals surface area contributed by atoms with Crippen molar-refractivity contribution in [2.24, 2.45) is 0 Å². The summed E-state index contributed by atoms with van der Waals surface area (Å²) < 4.78 is 41.6. The van der Waals surface area contributed by atoms with Crippen LogP contribution in [0.25, 0.3) is 6.08 Å². The molecule has 0 aliphatic rings. The van der Waals surface area contributed by atoms with Crippen LogP contribution in [0.15, 0.2) is 72.4 Å². The molecule has 420 valence electrons. The van der Waals surface area contributed by atoms with Crippen LogP contribution in [0.2, 0.25) is 90.7 Å². The van der Waals surface area contributed by atoms with Crippen LogP contribution in [-0.4, -0.2) is 90.3 Å². The van der Waals surface area contributed by atoms with Crippen LogP contribution >= 0.6 is 0 Å². The fourth-order valence-electron chi connectivity index (χ4n) is 7.87. The predicted octanol–water partition coefficient (Wildman–Crippen LogP) is 18.7. The van der Waals surface area contributed by atoms with E-state index in [2.05, 4.69) is 194 Å². The van der Waals surface area contributed by atoms with Crippen molar-refractivity contribution in [2.75, 3.05) is 7.11 Å². The van der Waals surface area contributed by atoms with Gasteiger partial charge in [0.2, 0.25) is 0 Å². The highest BCUT2D eigenvalue weighted by Gasteiger charge is 2.44. The van der Waals surface area contributed by atoms with Crippen LogP contribution < -0.4 is 0 Å². The number of hydrogen-bond acceptors (Lipinski definition) is 8. The number of rotatable bonds is 29. The smallest absolute Gasteiger partial charge is 0.342 e. The van der Waals surface area contributed by atoms with Gasteiger partial charge in [0.15, 0.2) is 41.6 Å². The third kappa shape index (κ3) is 22.5. The second-order valence-electron chi connectivity index (χ2n) is 27.0. The summed E-state index contributed by atoms with van der Waals surface area (Å²) in [5, 5.41) is 10.5. The van der Waals surface area contributed by atoms with E-state index in [0.717, 1.165) is 50.2 Å². The molecular weight excluding hydrogens is 989 g/mol. The zero-order valence-electron chi connectivity index (χ0n) is 51.8. The molecule has 5 atom stereocenters. The lowest BCUT2D eigenvalue weighted by Gasteiger charge is -2.43. The van der Waals surface area contributed by atoms with Crippen molar-refractivity contribution in [3.8, 4) is 5.75 Å². The van der Waals surface area contributed by atoms with Crippen molar-refractivity contribution >= 4 is 53.6 Å². The number of aromatic hydroxyl groups is 1. The van der Waals surface area contributed by atoms with Crippen LogP contribution in [0.1, 0.15) is 166 Å². The molecule has 0 spiro atoms. The Labute approximate surface area is 455 Å². The molecule has 0 saturated heterocycles. The lowest BCUT2D eigenvalue weighted by atomic mass is 10.0. The first-order valence-corrected chi connectivity index (χ1v) is 41.9. The van der Waals surface area contributed by atoms with E-state index in [0.29, 0.717) is 5.56 Å². The third-order valence-electron chi connectivity index (χ3n) is 16.9. The average molecular weight is 1100 g/mol. The molecule has 73 heavy (non-hydrogen) atoms. The highest BCUT2D eigenvalue weighted by Crippen LogP contribution is 2.43. The van der Waals surface area contributed by atoms with E-state index in [1.807, 2.05) is 24.3 Å². The predicted molar refractivity (Wildman–Crippen MR) is 329 cm³/mol. The van der Waals surface area contributed by atoms with Gasteiger partial charge in [0.1, 0.15) is 11.3 Å². The number of benzene rings is 1. The van der Waals surface area contributed by atoms with Crippen LogP contribution in [0.4, 0.5) is 0 Å². The van der Waals surface area contributed by atoms with Crippen LogP contribution in [-0.2, 0) is 26.9 Å². The summed E-state index contributed by atoms with van der Waals surface area (Å²) in [4.78, 5) is 12.3. The molecule has 0 bridgehead atoms. The van der Waals surface area contributed by atoms with Gasteiger partial charge < -0.3 is 32.0 Å². The zero-order chi connectivity index (χ0) is 56.7. The van der Waals surface area contributed by atoms with Gasteiger partial charge >= 0.3 is 5.97 Å². The fourth-order valence-corrected chi connectivity index (χ4v) is 16.3. The first-order valence-electron chi connectivity index (χ1n) is 27.8. The lowest BCUT2D eigenvalue weighted by molar-refractivity contribution is 0.0589. The molecule has 0 saturated carbocycles. The molecule has 0 fully saturated rings. The van der Waals surface area contributed by atoms with E-state index >= 15 is 0 Å². The van der Waals surface area contributed by atoms with Crippen molar-refractivity contribution in [3.05, 3.63) is 83.5 Å². The van der Waals surface area contributed by atoms with Crippen molar-refractivity contribution in [1.29, 1.82) is 0 Å². The quantitative estimate of drug-likeness (QED) is 0.0367. The zero-order valence-corrected chi connectivity index (χ0v) is 56.8. The van der Waals surface area contributed by atoms with E-state index < -0.39 is 47.6 Å². The SMILES string of the molecule is CC[Si](CC)(CC)O[C@H](C[C@H](C/C=C/[C@H](C[C@H](C/C(C)=C/C=C/C=C/C=C/c1cccc(O)c1C(=O)OC)O[Si](C)(C)C(C)(C)C)O[Si](C)(C)C(C)(C)C)O[Si](C)(C)C(C)(C)C)C[C@@H](C)O[Si](C)(C)C(C)(C)C. The molecule has 8 nitrogen and oxygen atoms in total. The van der Waals surface area contributed by atoms with Gasteiger partial charge in [-0.25, -0.2) is 4.79 Å². The van der Waals surface area contributed by atoms with Gasteiger partial charge in [-0.1, -0.05) is 176 Å². The van der Waals surface area contributed by atoms with E-state index in [4.69, 9.17) is 26.9 Å². The summed E-state index contributed by atoms with van der Waals surface area (Å²) in [5.74, 6) is -0.681. The molecule has 0 radical (unpaired) electrons. The average Bonchev–Trinajstić information content (AvgIpc) is 3.22. The van der Waals surface area contributed by atoms with Crippen LogP contribution in [0.3, 0.4) is 0 Å².